The number of para-hydroxylation sites is 1. The van der Waals surface area contributed by atoms with Crippen molar-refractivity contribution in [1.82, 2.24) is 9.97 Å². The number of nitrogens with zero attached hydrogens (tertiary/aromatic N) is 3. The van der Waals surface area contributed by atoms with Gasteiger partial charge in [-0.15, -0.1) is 0 Å². The lowest BCUT2D eigenvalue weighted by molar-refractivity contribution is -0.226. The normalized spacial score (nSPS) is 16.0. The van der Waals surface area contributed by atoms with Crippen molar-refractivity contribution in [3.8, 4) is 5.75 Å². The van der Waals surface area contributed by atoms with E-state index in [4.69, 9.17) is 4.74 Å². The summed E-state index contributed by atoms with van der Waals surface area (Å²) in [6.45, 7) is 1.59. The zero-order valence-electron chi connectivity index (χ0n) is 16.3. The summed E-state index contributed by atoms with van der Waals surface area (Å²) >= 11 is 0. The highest BCUT2D eigenvalue weighted by Gasteiger charge is 2.53. The van der Waals surface area contributed by atoms with E-state index in [1.54, 1.807) is 19.1 Å². The largest absolute Gasteiger partial charge is 0.486 e. The maximum Gasteiger partial charge on any atom is 0.422 e. The molecule has 1 unspecified atom stereocenters. The number of alkyl halides is 3. The zero-order valence-corrected chi connectivity index (χ0v) is 16.3. The molecule has 1 atom stereocenters. The molecule has 4 rings (SSSR count). The van der Waals surface area contributed by atoms with Crippen LogP contribution >= 0.6 is 0 Å². The van der Waals surface area contributed by atoms with E-state index in [9.17, 15) is 22.7 Å². The molecular formula is C22H17F4N3O2. The third-order valence-electron chi connectivity index (χ3n) is 4.96. The Labute approximate surface area is 174 Å². The number of benzene rings is 2. The minimum atomic E-state index is -5.03. The van der Waals surface area contributed by atoms with Gasteiger partial charge in [0.15, 0.2) is 17.2 Å². The quantitative estimate of drug-likeness (QED) is 0.470. The summed E-state index contributed by atoms with van der Waals surface area (Å²) in [6, 6.07) is 8.78. The first-order valence-corrected chi connectivity index (χ1v) is 9.35. The molecule has 160 valence electrons. The standard InChI is InChI=1S/C22H17F4N3O2/c1-13-27-11-16-18(6-3-7-19(16)29-13)28-12-21(30,22(24,25)26)10-14-8-9-31-20-15(14)4-2-5-17(20)23/h2-8,11-12,30H,9-10H2,1H3/b28-12+. The van der Waals surface area contributed by atoms with Gasteiger partial charge in [-0.25, -0.2) is 14.4 Å². The second-order valence-corrected chi connectivity index (χ2v) is 7.14. The van der Waals surface area contributed by atoms with Crippen LogP contribution in [-0.2, 0) is 0 Å². The topological polar surface area (TPSA) is 67.6 Å². The van der Waals surface area contributed by atoms with Crippen molar-refractivity contribution in [3.63, 3.8) is 0 Å². The van der Waals surface area contributed by atoms with Crippen LogP contribution in [0.5, 0.6) is 5.75 Å². The molecule has 0 saturated carbocycles. The number of halogens is 4. The molecule has 9 heteroatoms. The summed E-state index contributed by atoms with van der Waals surface area (Å²) in [6.07, 6.45) is -2.55. The Morgan fingerprint density at radius 3 is 2.74 bits per heavy atom. The maximum absolute atomic E-state index is 14.0. The fourth-order valence-corrected chi connectivity index (χ4v) is 3.34. The van der Waals surface area contributed by atoms with E-state index >= 15 is 0 Å². The Morgan fingerprint density at radius 1 is 1.19 bits per heavy atom. The molecule has 0 bridgehead atoms. The number of ether oxygens (including phenoxy) is 1. The molecule has 1 N–H and O–H groups in total. The summed E-state index contributed by atoms with van der Waals surface area (Å²) in [5.74, 6) is -0.306. The Bertz CT molecular complexity index is 1210. The second kappa shape index (κ2) is 7.73. The molecule has 0 amide bonds. The summed E-state index contributed by atoms with van der Waals surface area (Å²) in [5, 5.41) is 11.0. The lowest BCUT2D eigenvalue weighted by Gasteiger charge is -2.29. The summed E-state index contributed by atoms with van der Waals surface area (Å²) < 4.78 is 60.8. The zero-order chi connectivity index (χ0) is 22.2. The average Bonchev–Trinajstić information content (AvgIpc) is 2.72. The average molecular weight is 431 g/mol. The predicted octanol–water partition coefficient (Wildman–Crippen LogP) is 4.94. The Hall–Kier alpha value is -3.33. The summed E-state index contributed by atoms with van der Waals surface area (Å²) in [5.41, 5.74) is -2.30. The highest BCUT2D eigenvalue weighted by atomic mass is 19.4. The van der Waals surface area contributed by atoms with Gasteiger partial charge in [0.1, 0.15) is 12.4 Å². The number of hydrogen-bond acceptors (Lipinski definition) is 5. The minimum Gasteiger partial charge on any atom is -0.486 e. The number of fused-ring (bicyclic) bond motifs is 2. The number of hydrogen-bond donors (Lipinski definition) is 1. The molecule has 1 aliphatic heterocycles. The van der Waals surface area contributed by atoms with Crippen molar-refractivity contribution in [2.75, 3.05) is 6.61 Å². The molecule has 0 radical (unpaired) electrons. The predicted molar refractivity (Wildman–Crippen MR) is 108 cm³/mol. The van der Waals surface area contributed by atoms with Crippen LogP contribution in [0.15, 0.2) is 53.7 Å². The van der Waals surface area contributed by atoms with E-state index in [0.29, 0.717) is 22.9 Å². The first-order chi connectivity index (χ1) is 14.7. The Kier molecular flexibility index (Phi) is 5.22. The number of rotatable bonds is 4. The van der Waals surface area contributed by atoms with E-state index < -0.39 is 24.0 Å². The molecule has 0 aliphatic carbocycles. The minimum absolute atomic E-state index is 0.103. The molecule has 1 aromatic heterocycles. The van der Waals surface area contributed by atoms with Crippen LogP contribution in [-0.4, -0.2) is 39.7 Å². The molecule has 31 heavy (non-hydrogen) atoms. The van der Waals surface area contributed by atoms with E-state index in [2.05, 4.69) is 15.0 Å². The highest BCUT2D eigenvalue weighted by molar-refractivity contribution is 5.91. The van der Waals surface area contributed by atoms with Crippen LogP contribution in [0.3, 0.4) is 0 Å². The third kappa shape index (κ3) is 4.00. The number of aliphatic hydroxyl groups is 1. The number of aliphatic imine (C=N–C) groups is 1. The van der Waals surface area contributed by atoms with Gasteiger partial charge in [0, 0.05) is 29.8 Å². The number of aryl methyl sites for hydroxylation is 1. The van der Waals surface area contributed by atoms with Gasteiger partial charge in [0.05, 0.1) is 11.2 Å². The summed E-state index contributed by atoms with van der Waals surface area (Å²) in [7, 11) is 0. The van der Waals surface area contributed by atoms with Crippen LogP contribution < -0.4 is 4.74 Å². The van der Waals surface area contributed by atoms with Crippen LogP contribution in [0, 0.1) is 12.7 Å². The van der Waals surface area contributed by atoms with Crippen molar-refractivity contribution < 1.29 is 27.4 Å². The lowest BCUT2D eigenvalue weighted by atomic mass is 9.89. The van der Waals surface area contributed by atoms with E-state index in [1.165, 1.54) is 30.5 Å². The molecule has 3 aromatic rings. The molecule has 0 spiro atoms. The molecule has 1 aliphatic rings. The van der Waals surface area contributed by atoms with Crippen molar-refractivity contribution >= 4 is 28.4 Å². The monoisotopic (exact) mass is 431 g/mol. The van der Waals surface area contributed by atoms with Crippen molar-refractivity contribution in [2.24, 2.45) is 4.99 Å². The van der Waals surface area contributed by atoms with Crippen molar-refractivity contribution in [1.29, 1.82) is 0 Å². The fraction of sp³-hybridized carbons (Fsp3) is 0.227. The van der Waals surface area contributed by atoms with Crippen LogP contribution in [0.25, 0.3) is 16.5 Å². The maximum atomic E-state index is 14.0. The van der Waals surface area contributed by atoms with E-state index in [-0.39, 0.29) is 29.2 Å². The van der Waals surface area contributed by atoms with Gasteiger partial charge in [-0.1, -0.05) is 18.2 Å². The van der Waals surface area contributed by atoms with E-state index in [1.807, 2.05) is 0 Å². The van der Waals surface area contributed by atoms with Crippen LogP contribution in [0.1, 0.15) is 17.8 Å². The van der Waals surface area contributed by atoms with Gasteiger partial charge in [0.25, 0.3) is 0 Å². The van der Waals surface area contributed by atoms with E-state index in [0.717, 1.165) is 6.07 Å². The highest BCUT2D eigenvalue weighted by Crippen LogP contribution is 2.41. The van der Waals surface area contributed by atoms with Gasteiger partial charge >= 0.3 is 6.18 Å². The third-order valence-corrected chi connectivity index (χ3v) is 4.96. The fourth-order valence-electron chi connectivity index (χ4n) is 3.34. The first kappa shape index (κ1) is 20.9. The van der Waals surface area contributed by atoms with Gasteiger partial charge in [-0.05, 0) is 36.8 Å². The molecule has 0 saturated heterocycles. The first-order valence-electron chi connectivity index (χ1n) is 9.35. The molecular weight excluding hydrogens is 414 g/mol. The SMILES string of the molecule is Cc1ncc2c(/N=C/C(O)(CC3=CCOc4c(F)cccc43)C(F)(F)F)cccc2n1. The van der Waals surface area contributed by atoms with Gasteiger partial charge < -0.3 is 9.84 Å². The molecule has 2 aromatic carbocycles. The Morgan fingerprint density at radius 2 is 1.97 bits per heavy atom. The van der Waals surface area contributed by atoms with Gasteiger partial charge in [0.2, 0.25) is 0 Å². The molecule has 0 fully saturated rings. The lowest BCUT2D eigenvalue weighted by Crippen LogP contribution is -2.47. The van der Waals surface area contributed by atoms with Gasteiger partial charge in [-0.2, -0.15) is 13.2 Å². The Balaban J connectivity index is 1.72. The van der Waals surface area contributed by atoms with Crippen LogP contribution in [0.4, 0.5) is 23.2 Å². The summed E-state index contributed by atoms with van der Waals surface area (Å²) in [4.78, 5) is 12.2. The van der Waals surface area contributed by atoms with Gasteiger partial charge in [-0.3, -0.25) is 4.99 Å². The smallest absolute Gasteiger partial charge is 0.422 e. The van der Waals surface area contributed by atoms with Crippen molar-refractivity contribution in [3.05, 3.63) is 65.9 Å². The second-order valence-electron chi connectivity index (χ2n) is 7.14. The number of aromatic nitrogens is 2. The van der Waals surface area contributed by atoms with Crippen LogP contribution in [0.2, 0.25) is 0 Å². The molecule has 2 heterocycles. The molecule has 5 nitrogen and oxygen atoms in total. The van der Waals surface area contributed by atoms with Crippen molar-refractivity contribution in [2.45, 2.75) is 25.1 Å².